The van der Waals surface area contributed by atoms with E-state index in [1.807, 2.05) is 5.38 Å². The normalized spacial score (nSPS) is 14.1. The Balaban J connectivity index is 1.65. The molecule has 1 saturated carbocycles. The summed E-state index contributed by atoms with van der Waals surface area (Å²) in [6.45, 7) is 0. The molecule has 0 bridgehead atoms. The van der Waals surface area contributed by atoms with Gasteiger partial charge in [0, 0.05) is 29.0 Å². The van der Waals surface area contributed by atoms with E-state index in [-0.39, 0.29) is 23.5 Å². The van der Waals surface area contributed by atoms with E-state index >= 15 is 0 Å². The van der Waals surface area contributed by atoms with Crippen molar-refractivity contribution in [3.63, 3.8) is 0 Å². The first-order valence-electron chi connectivity index (χ1n) is 7.02. The summed E-state index contributed by atoms with van der Waals surface area (Å²) in [5.41, 5.74) is 1.61. The van der Waals surface area contributed by atoms with Crippen LogP contribution in [0.2, 0.25) is 0 Å². The van der Waals surface area contributed by atoms with Crippen LogP contribution < -0.4 is 5.32 Å². The molecule has 0 aliphatic heterocycles. The van der Waals surface area contributed by atoms with Crippen LogP contribution in [0.25, 0.3) is 16.2 Å². The summed E-state index contributed by atoms with van der Waals surface area (Å²) in [6, 6.07) is 6.24. The minimum absolute atomic E-state index is 0.0381. The van der Waals surface area contributed by atoms with Crippen LogP contribution in [0.5, 0.6) is 0 Å². The lowest BCUT2D eigenvalue weighted by Crippen LogP contribution is -2.14. The molecule has 0 unspecified atom stereocenters. The van der Waals surface area contributed by atoms with Gasteiger partial charge in [0.25, 0.3) is 5.69 Å². The molecule has 1 aliphatic carbocycles. The maximum Gasteiger partial charge on any atom is 0.269 e. The fourth-order valence-corrected chi connectivity index (χ4v) is 3.08. The van der Waals surface area contributed by atoms with Crippen LogP contribution in [-0.4, -0.2) is 25.4 Å². The van der Waals surface area contributed by atoms with Crippen molar-refractivity contribution in [2.24, 2.45) is 5.92 Å². The van der Waals surface area contributed by atoms with E-state index in [1.165, 1.54) is 23.5 Å². The first kappa shape index (κ1) is 13.8. The predicted molar refractivity (Wildman–Crippen MR) is 84.3 cm³/mol. The van der Waals surface area contributed by atoms with Gasteiger partial charge in [0.1, 0.15) is 0 Å². The average molecular weight is 329 g/mol. The van der Waals surface area contributed by atoms with E-state index in [0.29, 0.717) is 4.96 Å². The number of aromatic nitrogens is 3. The molecular weight excluding hydrogens is 318 g/mol. The van der Waals surface area contributed by atoms with E-state index in [1.54, 1.807) is 16.6 Å². The van der Waals surface area contributed by atoms with Crippen LogP contribution in [0.1, 0.15) is 12.8 Å². The lowest BCUT2D eigenvalue weighted by atomic mass is 10.1. The molecule has 1 fully saturated rings. The van der Waals surface area contributed by atoms with Crippen molar-refractivity contribution in [2.45, 2.75) is 12.8 Å². The highest BCUT2D eigenvalue weighted by atomic mass is 32.1. The summed E-state index contributed by atoms with van der Waals surface area (Å²) < 4.78 is 1.63. The highest BCUT2D eigenvalue weighted by molar-refractivity contribution is 7.15. The van der Waals surface area contributed by atoms with Gasteiger partial charge in [-0.1, -0.05) is 0 Å². The Morgan fingerprint density at radius 1 is 1.35 bits per heavy atom. The van der Waals surface area contributed by atoms with Crippen LogP contribution in [0, 0.1) is 16.0 Å². The summed E-state index contributed by atoms with van der Waals surface area (Å²) in [7, 11) is 0. The minimum atomic E-state index is -0.437. The third-order valence-corrected chi connectivity index (χ3v) is 4.45. The van der Waals surface area contributed by atoms with Crippen molar-refractivity contribution in [1.29, 1.82) is 0 Å². The molecule has 0 saturated heterocycles. The second-order valence-electron chi connectivity index (χ2n) is 5.32. The fourth-order valence-electron chi connectivity index (χ4n) is 2.24. The molecule has 2 heterocycles. The van der Waals surface area contributed by atoms with Crippen LogP contribution >= 0.6 is 11.3 Å². The zero-order chi connectivity index (χ0) is 16.0. The van der Waals surface area contributed by atoms with Gasteiger partial charge in [0.15, 0.2) is 0 Å². The van der Waals surface area contributed by atoms with Gasteiger partial charge < -0.3 is 0 Å². The van der Waals surface area contributed by atoms with Crippen molar-refractivity contribution < 1.29 is 9.72 Å². The number of nitrogens with one attached hydrogen (secondary N) is 1. The topological polar surface area (TPSA) is 102 Å². The molecule has 23 heavy (non-hydrogen) atoms. The third kappa shape index (κ3) is 2.55. The zero-order valence-corrected chi connectivity index (χ0v) is 12.6. The van der Waals surface area contributed by atoms with Gasteiger partial charge in [-0.25, -0.2) is 4.52 Å². The Labute approximate surface area is 133 Å². The first-order chi connectivity index (χ1) is 11.1. The second kappa shape index (κ2) is 5.13. The van der Waals surface area contributed by atoms with Crippen LogP contribution in [0.3, 0.4) is 0 Å². The standard InChI is InChI=1S/C14H11N5O3S/c20-12(9-1-2-9)15-13-16-14-18(17-13)11(7-23-14)8-3-5-10(6-4-8)19(21)22/h3-7,9H,1-2H2,(H,15,17,20). The number of thiazole rings is 1. The number of hydrogen-bond acceptors (Lipinski definition) is 6. The van der Waals surface area contributed by atoms with E-state index < -0.39 is 4.92 Å². The van der Waals surface area contributed by atoms with Gasteiger partial charge in [-0.05, 0) is 25.0 Å². The van der Waals surface area contributed by atoms with Crippen molar-refractivity contribution in [2.75, 3.05) is 5.32 Å². The summed E-state index contributed by atoms with van der Waals surface area (Å²) in [6.07, 6.45) is 1.84. The van der Waals surface area contributed by atoms with Gasteiger partial charge in [0.2, 0.25) is 16.8 Å². The SMILES string of the molecule is O=C(Nc1nc2scc(-c3ccc([N+](=O)[O-])cc3)n2n1)C1CC1. The summed E-state index contributed by atoms with van der Waals surface area (Å²) in [4.78, 5) is 27.0. The lowest BCUT2D eigenvalue weighted by Gasteiger charge is -1.99. The number of carbonyl (C=O) groups excluding carboxylic acids is 1. The summed E-state index contributed by atoms with van der Waals surface area (Å²) >= 11 is 1.40. The molecular formula is C14H11N5O3S. The Bertz CT molecular complexity index is 910. The van der Waals surface area contributed by atoms with E-state index in [4.69, 9.17) is 0 Å². The summed E-state index contributed by atoms with van der Waals surface area (Å²) in [5, 5.41) is 19.6. The van der Waals surface area contributed by atoms with Gasteiger partial charge in [-0.2, -0.15) is 4.98 Å². The van der Waals surface area contributed by atoms with E-state index in [0.717, 1.165) is 24.1 Å². The number of rotatable bonds is 4. The molecule has 1 N–H and O–H groups in total. The quantitative estimate of drug-likeness (QED) is 0.585. The number of amides is 1. The van der Waals surface area contributed by atoms with Crippen molar-refractivity contribution in [3.05, 3.63) is 39.8 Å². The van der Waals surface area contributed by atoms with Crippen LogP contribution in [-0.2, 0) is 4.79 Å². The third-order valence-electron chi connectivity index (χ3n) is 3.64. The largest absolute Gasteiger partial charge is 0.293 e. The monoisotopic (exact) mass is 329 g/mol. The number of nitrogens with zero attached hydrogens (tertiary/aromatic N) is 4. The molecule has 0 spiro atoms. The Kier molecular flexibility index (Phi) is 3.08. The van der Waals surface area contributed by atoms with Gasteiger partial charge >= 0.3 is 0 Å². The van der Waals surface area contributed by atoms with Gasteiger partial charge in [0.05, 0.1) is 10.6 Å². The molecule has 116 valence electrons. The van der Waals surface area contributed by atoms with E-state index in [9.17, 15) is 14.9 Å². The van der Waals surface area contributed by atoms with Gasteiger partial charge in [-0.15, -0.1) is 16.4 Å². The Morgan fingerprint density at radius 3 is 2.74 bits per heavy atom. The number of nitro benzene ring substituents is 1. The molecule has 8 nitrogen and oxygen atoms in total. The van der Waals surface area contributed by atoms with Crippen molar-refractivity contribution in [1.82, 2.24) is 14.6 Å². The van der Waals surface area contributed by atoms with Gasteiger partial charge in [-0.3, -0.25) is 20.2 Å². The number of fused-ring (bicyclic) bond motifs is 1. The molecule has 1 amide bonds. The number of carbonyl (C=O) groups is 1. The average Bonchev–Trinajstić information content (AvgIpc) is 3.21. The number of anilines is 1. The van der Waals surface area contributed by atoms with Crippen LogP contribution in [0.15, 0.2) is 29.6 Å². The number of nitro groups is 1. The molecule has 3 aromatic rings. The second-order valence-corrected chi connectivity index (χ2v) is 6.15. The van der Waals surface area contributed by atoms with E-state index in [2.05, 4.69) is 15.4 Å². The molecule has 0 atom stereocenters. The molecule has 4 rings (SSSR count). The van der Waals surface area contributed by atoms with Crippen LogP contribution in [0.4, 0.5) is 11.6 Å². The van der Waals surface area contributed by atoms with Crippen molar-refractivity contribution >= 4 is 33.8 Å². The fraction of sp³-hybridized carbons (Fsp3) is 0.214. The molecule has 1 aliphatic rings. The number of benzene rings is 1. The smallest absolute Gasteiger partial charge is 0.269 e. The zero-order valence-electron chi connectivity index (χ0n) is 11.8. The Morgan fingerprint density at radius 2 is 2.09 bits per heavy atom. The molecule has 1 aromatic carbocycles. The molecule has 2 aromatic heterocycles. The Hall–Kier alpha value is -2.81. The minimum Gasteiger partial charge on any atom is -0.293 e. The number of non-ortho nitro benzene ring substituents is 1. The maximum absolute atomic E-state index is 11.8. The highest BCUT2D eigenvalue weighted by Gasteiger charge is 2.30. The molecule has 9 heteroatoms. The highest BCUT2D eigenvalue weighted by Crippen LogP contribution is 2.31. The number of hydrogen-bond donors (Lipinski definition) is 1. The molecule has 0 radical (unpaired) electrons. The summed E-state index contributed by atoms with van der Waals surface area (Å²) in [5.74, 6) is 0.336. The lowest BCUT2D eigenvalue weighted by molar-refractivity contribution is -0.384. The predicted octanol–water partition coefficient (Wildman–Crippen LogP) is 2.71. The van der Waals surface area contributed by atoms with Crippen molar-refractivity contribution in [3.8, 4) is 11.3 Å². The maximum atomic E-state index is 11.8. The first-order valence-corrected chi connectivity index (χ1v) is 7.90.